The number of benzene rings is 2. The van der Waals surface area contributed by atoms with Gasteiger partial charge in [-0.05, 0) is 35.2 Å². The van der Waals surface area contributed by atoms with Crippen LogP contribution < -0.4 is 15.4 Å². The van der Waals surface area contributed by atoms with Gasteiger partial charge in [-0.25, -0.2) is 9.97 Å². The van der Waals surface area contributed by atoms with Crippen LogP contribution in [0.1, 0.15) is 36.8 Å². The molecule has 6 heteroatoms. The molecule has 0 atom stereocenters. The van der Waals surface area contributed by atoms with Gasteiger partial charge >= 0.3 is 0 Å². The van der Waals surface area contributed by atoms with Gasteiger partial charge in [-0.1, -0.05) is 45.0 Å². The molecule has 0 aliphatic heterocycles. The van der Waals surface area contributed by atoms with Crippen LogP contribution in [-0.2, 0) is 5.41 Å². The standard InChI is InChI=1S/C22H24N4O2/c1-22(2,3)15-9-11-16(12-10-15)25-20-14-23-18(13-24-20)21(27)26-17-7-5-6-8-19(17)28-4/h5-14H,1-4H3,(H,24,25)(H,26,27). The monoisotopic (exact) mass is 376 g/mol. The average Bonchev–Trinajstić information content (AvgIpc) is 2.68. The molecule has 1 heterocycles. The van der Waals surface area contributed by atoms with Crippen molar-refractivity contribution in [3.8, 4) is 5.75 Å². The topological polar surface area (TPSA) is 76.1 Å². The van der Waals surface area contributed by atoms with E-state index >= 15 is 0 Å². The number of carbonyl (C=O) groups excluding carboxylic acids is 1. The molecule has 1 amide bonds. The molecule has 0 bridgehead atoms. The summed E-state index contributed by atoms with van der Waals surface area (Å²) >= 11 is 0. The molecule has 0 radical (unpaired) electrons. The van der Waals surface area contributed by atoms with Gasteiger partial charge in [0.15, 0.2) is 0 Å². The number of nitrogens with zero attached hydrogens (tertiary/aromatic N) is 2. The van der Waals surface area contributed by atoms with Crippen molar-refractivity contribution in [1.29, 1.82) is 0 Å². The first-order valence-electron chi connectivity index (χ1n) is 9.01. The molecular weight excluding hydrogens is 352 g/mol. The largest absolute Gasteiger partial charge is 0.495 e. The van der Waals surface area contributed by atoms with E-state index in [-0.39, 0.29) is 17.0 Å². The molecule has 0 aliphatic carbocycles. The predicted octanol–water partition coefficient (Wildman–Crippen LogP) is 4.78. The number of rotatable bonds is 5. The van der Waals surface area contributed by atoms with E-state index in [0.717, 1.165) is 5.69 Å². The van der Waals surface area contributed by atoms with E-state index in [2.05, 4.69) is 53.5 Å². The predicted molar refractivity (Wildman–Crippen MR) is 111 cm³/mol. The Bertz CT molecular complexity index is 946. The molecule has 144 valence electrons. The Labute approximate surface area is 165 Å². The highest BCUT2D eigenvalue weighted by atomic mass is 16.5. The van der Waals surface area contributed by atoms with Crippen molar-refractivity contribution in [3.63, 3.8) is 0 Å². The number of anilines is 3. The van der Waals surface area contributed by atoms with Crippen LogP contribution in [0.4, 0.5) is 17.2 Å². The summed E-state index contributed by atoms with van der Waals surface area (Å²) in [6.45, 7) is 6.53. The quantitative estimate of drug-likeness (QED) is 0.670. The van der Waals surface area contributed by atoms with Gasteiger partial charge in [-0.15, -0.1) is 0 Å². The molecule has 28 heavy (non-hydrogen) atoms. The number of hydrogen-bond donors (Lipinski definition) is 2. The lowest BCUT2D eigenvalue weighted by molar-refractivity contribution is 0.102. The molecular formula is C22H24N4O2. The molecule has 0 unspecified atom stereocenters. The SMILES string of the molecule is COc1ccccc1NC(=O)c1cnc(Nc2ccc(C(C)(C)C)cc2)cn1. The molecule has 0 saturated carbocycles. The maximum Gasteiger partial charge on any atom is 0.275 e. The number of carbonyl (C=O) groups is 1. The maximum atomic E-state index is 12.4. The Morgan fingerprint density at radius 3 is 2.29 bits per heavy atom. The maximum absolute atomic E-state index is 12.4. The third-order valence-electron chi connectivity index (χ3n) is 4.26. The minimum absolute atomic E-state index is 0.106. The summed E-state index contributed by atoms with van der Waals surface area (Å²) in [6, 6.07) is 15.4. The van der Waals surface area contributed by atoms with Crippen molar-refractivity contribution in [2.75, 3.05) is 17.7 Å². The fourth-order valence-electron chi connectivity index (χ4n) is 2.65. The van der Waals surface area contributed by atoms with Crippen molar-refractivity contribution in [2.24, 2.45) is 0 Å². The summed E-state index contributed by atoms with van der Waals surface area (Å²) in [5.41, 5.74) is 3.08. The number of ether oxygens (including phenoxy) is 1. The van der Waals surface area contributed by atoms with E-state index in [9.17, 15) is 4.79 Å². The van der Waals surface area contributed by atoms with E-state index in [4.69, 9.17) is 4.74 Å². The first-order chi connectivity index (χ1) is 13.4. The third kappa shape index (κ3) is 4.65. The molecule has 0 spiro atoms. The van der Waals surface area contributed by atoms with Crippen LogP contribution in [0, 0.1) is 0 Å². The molecule has 1 aromatic heterocycles. The van der Waals surface area contributed by atoms with Crippen LogP contribution >= 0.6 is 0 Å². The third-order valence-corrected chi connectivity index (χ3v) is 4.26. The minimum atomic E-state index is -0.349. The lowest BCUT2D eigenvalue weighted by Gasteiger charge is -2.19. The van der Waals surface area contributed by atoms with Gasteiger partial charge in [0.1, 0.15) is 17.3 Å². The number of nitrogens with one attached hydrogen (secondary N) is 2. The van der Waals surface area contributed by atoms with Gasteiger partial charge in [0, 0.05) is 5.69 Å². The summed E-state index contributed by atoms with van der Waals surface area (Å²) in [4.78, 5) is 20.9. The highest BCUT2D eigenvalue weighted by Crippen LogP contribution is 2.25. The molecule has 3 rings (SSSR count). The molecule has 3 aromatic rings. The van der Waals surface area contributed by atoms with Crippen molar-refractivity contribution >= 4 is 23.1 Å². The van der Waals surface area contributed by atoms with E-state index < -0.39 is 0 Å². The van der Waals surface area contributed by atoms with Crippen LogP contribution in [0.15, 0.2) is 60.9 Å². The summed E-state index contributed by atoms with van der Waals surface area (Å²) in [5, 5.41) is 5.97. The number of para-hydroxylation sites is 2. The Kier molecular flexibility index (Phi) is 5.59. The van der Waals surface area contributed by atoms with Gasteiger partial charge in [0.2, 0.25) is 0 Å². The highest BCUT2D eigenvalue weighted by molar-refractivity contribution is 6.03. The van der Waals surface area contributed by atoms with Gasteiger partial charge < -0.3 is 15.4 Å². The summed E-state index contributed by atoms with van der Waals surface area (Å²) < 4.78 is 5.24. The molecule has 0 saturated heterocycles. The first-order valence-corrected chi connectivity index (χ1v) is 9.01. The lowest BCUT2D eigenvalue weighted by Crippen LogP contribution is -2.15. The zero-order valence-corrected chi connectivity index (χ0v) is 16.5. The van der Waals surface area contributed by atoms with E-state index in [1.165, 1.54) is 18.0 Å². The first kappa shape index (κ1) is 19.4. The van der Waals surface area contributed by atoms with Gasteiger partial charge in [0.25, 0.3) is 5.91 Å². The molecule has 2 aromatic carbocycles. The smallest absolute Gasteiger partial charge is 0.275 e. The van der Waals surface area contributed by atoms with Crippen molar-refractivity contribution in [3.05, 3.63) is 72.2 Å². The molecule has 0 aliphatic rings. The number of aromatic nitrogens is 2. The van der Waals surface area contributed by atoms with Crippen molar-refractivity contribution < 1.29 is 9.53 Å². The summed E-state index contributed by atoms with van der Waals surface area (Å²) in [7, 11) is 1.55. The van der Waals surface area contributed by atoms with Crippen LogP contribution in [0.5, 0.6) is 5.75 Å². The van der Waals surface area contributed by atoms with Gasteiger partial charge in [-0.3, -0.25) is 4.79 Å². The molecule has 0 fully saturated rings. The molecule has 6 nitrogen and oxygen atoms in total. The normalized spacial score (nSPS) is 11.0. The summed E-state index contributed by atoms with van der Waals surface area (Å²) in [5.74, 6) is 0.802. The van der Waals surface area contributed by atoms with E-state index in [1.54, 1.807) is 19.2 Å². The minimum Gasteiger partial charge on any atom is -0.495 e. The number of methoxy groups -OCH3 is 1. The second kappa shape index (κ2) is 8.08. The zero-order chi connectivity index (χ0) is 20.1. The lowest BCUT2D eigenvalue weighted by atomic mass is 9.87. The van der Waals surface area contributed by atoms with Gasteiger partial charge in [0.05, 0.1) is 25.2 Å². The Morgan fingerprint density at radius 2 is 1.68 bits per heavy atom. The second-order valence-electron chi connectivity index (χ2n) is 7.39. The second-order valence-corrected chi connectivity index (χ2v) is 7.39. The number of amides is 1. The van der Waals surface area contributed by atoms with Crippen LogP contribution in [0.25, 0.3) is 0 Å². The van der Waals surface area contributed by atoms with Gasteiger partial charge in [-0.2, -0.15) is 0 Å². The Balaban J connectivity index is 1.67. The van der Waals surface area contributed by atoms with Crippen molar-refractivity contribution in [1.82, 2.24) is 9.97 Å². The fourth-order valence-corrected chi connectivity index (χ4v) is 2.65. The Hall–Kier alpha value is -3.41. The van der Waals surface area contributed by atoms with Crippen LogP contribution in [0.2, 0.25) is 0 Å². The van der Waals surface area contributed by atoms with Crippen LogP contribution in [-0.4, -0.2) is 23.0 Å². The van der Waals surface area contributed by atoms with Crippen LogP contribution in [0.3, 0.4) is 0 Å². The average molecular weight is 376 g/mol. The van der Waals surface area contributed by atoms with E-state index in [0.29, 0.717) is 17.3 Å². The Morgan fingerprint density at radius 1 is 0.964 bits per heavy atom. The zero-order valence-electron chi connectivity index (χ0n) is 16.5. The van der Waals surface area contributed by atoms with Crippen molar-refractivity contribution in [2.45, 2.75) is 26.2 Å². The molecule has 2 N–H and O–H groups in total. The highest BCUT2D eigenvalue weighted by Gasteiger charge is 2.13. The fraction of sp³-hybridized carbons (Fsp3) is 0.227. The number of hydrogen-bond acceptors (Lipinski definition) is 5. The summed E-state index contributed by atoms with van der Waals surface area (Å²) in [6.07, 6.45) is 2.98. The van der Waals surface area contributed by atoms with E-state index in [1.807, 2.05) is 24.3 Å².